The van der Waals surface area contributed by atoms with E-state index in [1.807, 2.05) is 30.7 Å². The van der Waals surface area contributed by atoms with E-state index in [-0.39, 0.29) is 24.0 Å². The van der Waals surface area contributed by atoms with Gasteiger partial charge in [0.2, 0.25) is 0 Å². The Labute approximate surface area is 195 Å². The maximum Gasteiger partial charge on any atom is 0.191 e. The van der Waals surface area contributed by atoms with Gasteiger partial charge in [-0.05, 0) is 43.9 Å². The summed E-state index contributed by atoms with van der Waals surface area (Å²) in [5, 5.41) is 16.3. The number of nitrogens with one attached hydrogen (secondary N) is 2. The predicted octanol–water partition coefficient (Wildman–Crippen LogP) is 4.57. The third kappa shape index (κ3) is 6.84. The Morgan fingerprint density at radius 1 is 1.24 bits per heavy atom. The van der Waals surface area contributed by atoms with Crippen LogP contribution in [0.1, 0.15) is 62.2 Å². The molecule has 1 heterocycles. The molecule has 6 nitrogen and oxygen atoms in total. The standard InChI is InChI=1S/C21H31ClN6.HI/c1-4-16(17-9-11-18(22)12-10-17)13-23-21(25-19-7-5-6-8-19)24-14-20-27-26-15(2)28(20)3;/h9-12,16,19H,4-8,13-14H2,1-3H3,(H2,23,24,25);1H. The normalized spacial score (nSPS) is 15.8. The van der Waals surface area contributed by atoms with Crippen LogP contribution in [0.15, 0.2) is 29.3 Å². The Morgan fingerprint density at radius 3 is 2.52 bits per heavy atom. The molecule has 0 aliphatic heterocycles. The Bertz CT molecular complexity index is 783. The van der Waals surface area contributed by atoms with Crippen LogP contribution in [0.2, 0.25) is 5.02 Å². The third-order valence-corrected chi connectivity index (χ3v) is 5.86. The van der Waals surface area contributed by atoms with Crippen molar-refractivity contribution in [1.82, 2.24) is 25.4 Å². The van der Waals surface area contributed by atoms with Crippen molar-refractivity contribution in [3.8, 4) is 0 Å². The first-order valence-electron chi connectivity index (χ1n) is 10.2. The largest absolute Gasteiger partial charge is 0.356 e. The monoisotopic (exact) mass is 530 g/mol. The second-order valence-electron chi connectivity index (χ2n) is 7.55. The maximum absolute atomic E-state index is 6.04. The highest BCUT2D eigenvalue weighted by atomic mass is 127. The van der Waals surface area contributed by atoms with Gasteiger partial charge in [-0.2, -0.15) is 0 Å². The molecule has 1 unspecified atom stereocenters. The summed E-state index contributed by atoms with van der Waals surface area (Å²) in [5.41, 5.74) is 1.29. The van der Waals surface area contributed by atoms with E-state index in [9.17, 15) is 0 Å². The molecule has 8 heteroatoms. The fourth-order valence-electron chi connectivity index (χ4n) is 3.61. The molecule has 1 atom stereocenters. The Morgan fingerprint density at radius 2 is 1.93 bits per heavy atom. The lowest BCUT2D eigenvalue weighted by Crippen LogP contribution is -2.43. The van der Waals surface area contributed by atoms with Crippen LogP contribution in [-0.4, -0.2) is 33.3 Å². The van der Waals surface area contributed by atoms with Crippen molar-refractivity contribution < 1.29 is 0 Å². The van der Waals surface area contributed by atoms with Gasteiger partial charge in [-0.25, -0.2) is 4.99 Å². The number of benzene rings is 1. The van der Waals surface area contributed by atoms with E-state index in [2.05, 4.69) is 39.9 Å². The lowest BCUT2D eigenvalue weighted by atomic mass is 9.96. The number of nitrogens with zero attached hydrogens (tertiary/aromatic N) is 4. The summed E-state index contributed by atoms with van der Waals surface area (Å²) in [5.74, 6) is 3.04. The van der Waals surface area contributed by atoms with Gasteiger partial charge in [0.25, 0.3) is 0 Å². The molecule has 0 bridgehead atoms. The molecule has 160 valence electrons. The van der Waals surface area contributed by atoms with Crippen LogP contribution < -0.4 is 10.6 Å². The number of aliphatic imine (C=N–C) groups is 1. The molecule has 2 N–H and O–H groups in total. The number of aromatic nitrogens is 3. The van der Waals surface area contributed by atoms with Crippen LogP contribution in [0, 0.1) is 6.92 Å². The fourth-order valence-corrected chi connectivity index (χ4v) is 3.73. The van der Waals surface area contributed by atoms with Crippen molar-refractivity contribution in [2.45, 2.75) is 64.5 Å². The Hall–Kier alpha value is -1.35. The molecular weight excluding hydrogens is 499 g/mol. The summed E-state index contributed by atoms with van der Waals surface area (Å²) >= 11 is 6.04. The number of rotatable bonds is 7. The quantitative estimate of drug-likeness (QED) is 0.313. The van der Waals surface area contributed by atoms with Gasteiger partial charge in [0.15, 0.2) is 11.8 Å². The minimum Gasteiger partial charge on any atom is -0.356 e. The molecule has 1 fully saturated rings. The molecule has 1 saturated carbocycles. The summed E-state index contributed by atoms with van der Waals surface area (Å²) < 4.78 is 1.99. The van der Waals surface area contributed by atoms with Crippen molar-refractivity contribution in [3.63, 3.8) is 0 Å². The smallest absolute Gasteiger partial charge is 0.191 e. The first kappa shape index (κ1) is 23.9. The van der Waals surface area contributed by atoms with E-state index in [1.54, 1.807) is 0 Å². The zero-order valence-corrected chi connectivity index (χ0v) is 20.6. The molecule has 3 rings (SSSR count). The molecule has 0 saturated heterocycles. The summed E-state index contributed by atoms with van der Waals surface area (Å²) in [6.45, 7) is 5.50. The van der Waals surface area contributed by atoms with Crippen LogP contribution >= 0.6 is 35.6 Å². The van der Waals surface area contributed by atoms with Gasteiger partial charge < -0.3 is 15.2 Å². The number of guanidine groups is 1. The van der Waals surface area contributed by atoms with Crippen LogP contribution in [-0.2, 0) is 13.6 Å². The minimum atomic E-state index is 0. The number of halogens is 2. The van der Waals surface area contributed by atoms with Gasteiger partial charge in [-0.15, -0.1) is 34.2 Å². The van der Waals surface area contributed by atoms with Crippen LogP contribution in [0.3, 0.4) is 0 Å². The lowest BCUT2D eigenvalue weighted by molar-refractivity contribution is 0.587. The van der Waals surface area contributed by atoms with E-state index in [1.165, 1.54) is 31.2 Å². The van der Waals surface area contributed by atoms with Gasteiger partial charge in [0.05, 0.1) is 0 Å². The van der Waals surface area contributed by atoms with E-state index in [0.29, 0.717) is 18.5 Å². The number of aryl methyl sites for hydroxylation is 1. The van der Waals surface area contributed by atoms with Gasteiger partial charge >= 0.3 is 0 Å². The SMILES string of the molecule is CCC(CNC(=NCc1nnc(C)n1C)NC1CCCC1)c1ccc(Cl)cc1.I. The first-order chi connectivity index (χ1) is 13.6. The van der Waals surface area contributed by atoms with E-state index in [0.717, 1.165) is 35.6 Å². The fraction of sp³-hybridized carbons (Fsp3) is 0.571. The predicted molar refractivity (Wildman–Crippen MR) is 130 cm³/mol. The van der Waals surface area contributed by atoms with Crippen LogP contribution in [0.4, 0.5) is 0 Å². The summed E-state index contributed by atoms with van der Waals surface area (Å²) in [4.78, 5) is 4.80. The molecule has 0 amide bonds. The third-order valence-electron chi connectivity index (χ3n) is 5.61. The molecule has 1 aromatic heterocycles. The first-order valence-corrected chi connectivity index (χ1v) is 10.6. The summed E-state index contributed by atoms with van der Waals surface area (Å²) in [6, 6.07) is 8.65. The van der Waals surface area contributed by atoms with Crippen molar-refractivity contribution in [3.05, 3.63) is 46.5 Å². The highest BCUT2D eigenvalue weighted by molar-refractivity contribution is 14.0. The molecule has 1 aliphatic carbocycles. The van der Waals surface area contributed by atoms with E-state index >= 15 is 0 Å². The maximum atomic E-state index is 6.04. The minimum absolute atomic E-state index is 0. The highest BCUT2D eigenvalue weighted by Gasteiger charge is 2.17. The average molecular weight is 531 g/mol. The zero-order chi connectivity index (χ0) is 19.9. The molecule has 1 aromatic carbocycles. The van der Waals surface area contributed by atoms with Gasteiger partial charge in [0, 0.05) is 30.6 Å². The molecule has 29 heavy (non-hydrogen) atoms. The molecular formula is C21H32ClIN6. The number of hydrogen-bond donors (Lipinski definition) is 2. The number of hydrogen-bond acceptors (Lipinski definition) is 3. The van der Waals surface area contributed by atoms with E-state index in [4.69, 9.17) is 16.6 Å². The van der Waals surface area contributed by atoms with Gasteiger partial charge in [-0.3, -0.25) is 0 Å². The average Bonchev–Trinajstić information content (AvgIpc) is 3.32. The Kier molecular flexibility index (Phi) is 9.68. The van der Waals surface area contributed by atoms with Crippen molar-refractivity contribution in [2.75, 3.05) is 6.54 Å². The highest BCUT2D eigenvalue weighted by Crippen LogP contribution is 2.21. The molecule has 0 spiro atoms. The topological polar surface area (TPSA) is 67.1 Å². The molecule has 2 aromatic rings. The van der Waals surface area contributed by atoms with Crippen LogP contribution in [0.25, 0.3) is 0 Å². The van der Waals surface area contributed by atoms with Gasteiger partial charge in [0.1, 0.15) is 12.4 Å². The second kappa shape index (κ2) is 11.7. The molecule has 1 aliphatic rings. The van der Waals surface area contributed by atoms with Crippen molar-refractivity contribution in [1.29, 1.82) is 0 Å². The Balaban J connectivity index is 0.00000300. The van der Waals surface area contributed by atoms with Crippen molar-refractivity contribution >= 4 is 41.5 Å². The van der Waals surface area contributed by atoms with Crippen molar-refractivity contribution in [2.24, 2.45) is 12.0 Å². The van der Waals surface area contributed by atoms with Crippen LogP contribution in [0.5, 0.6) is 0 Å². The lowest BCUT2D eigenvalue weighted by Gasteiger charge is -2.21. The molecule has 0 radical (unpaired) electrons. The second-order valence-corrected chi connectivity index (χ2v) is 7.99. The summed E-state index contributed by atoms with van der Waals surface area (Å²) in [6.07, 6.45) is 6.04. The van der Waals surface area contributed by atoms with Gasteiger partial charge in [-0.1, -0.05) is 43.5 Å². The summed E-state index contributed by atoms with van der Waals surface area (Å²) in [7, 11) is 1.98. The van der Waals surface area contributed by atoms with E-state index < -0.39 is 0 Å². The zero-order valence-electron chi connectivity index (χ0n) is 17.5.